The van der Waals surface area contributed by atoms with E-state index in [-0.39, 0.29) is 11.8 Å². The van der Waals surface area contributed by atoms with Crippen LogP contribution < -0.4 is 10.6 Å². The van der Waals surface area contributed by atoms with Gasteiger partial charge < -0.3 is 10.6 Å². The Morgan fingerprint density at radius 2 is 1.96 bits per heavy atom. The van der Waals surface area contributed by atoms with Crippen molar-refractivity contribution in [1.29, 1.82) is 0 Å². The summed E-state index contributed by atoms with van der Waals surface area (Å²) in [5, 5.41) is 6.05. The number of hydrogen-bond acceptors (Lipinski definition) is 4. The first-order chi connectivity index (χ1) is 11.0. The first kappa shape index (κ1) is 15.6. The van der Waals surface area contributed by atoms with Crippen molar-refractivity contribution in [2.45, 2.75) is 6.92 Å². The highest BCUT2D eigenvalue weighted by atomic mass is 79.9. The molecule has 3 rings (SSSR count). The largest absolute Gasteiger partial charge is 0.322 e. The monoisotopic (exact) mass is 389 g/mol. The Kier molecular flexibility index (Phi) is 4.40. The number of carbonyl (C=O) groups excluding carboxylic acids is 2. The number of anilines is 2. The van der Waals surface area contributed by atoms with Gasteiger partial charge in [-0.15, -0.1) is 0 Å². The lowest BCUT2D eigenvalue weighted by Gasteiger charge is -2.05. The van der Waals surface area contributed by atoms with Gasteiger partial charge in [0.25, 0.3) is 5.91 Å². The first-order valence-corrected chi connectivity index (χ1v) is 8.37. The van der Waals surface area contributed by atoms with E-state index in [0.29, 0.717) is 16.4 Å². The van der Waals surface area contributed by atoms with Crippen LogP contribution in [0.15, 0.2) is 46.9 Å². The van der Waals surface area contributed by atoms with Crippen LogP contribution in [0, 0.1) is 0 Å². The topological polar surface area (TPSA) is 71.1 Å². The number of hydrogen-bond donors (Lipinski definition) is 2. The summed E-state index contributed by atoms with van der Waals surface area (Å²) in [7, 11) is 0. The minimum absolute atomic E-state index is 0.160. The van der Waals surface area contributed by atoms with Crippen molar-refractivity contribution in [3.8, 4) is 0 Å². The van der Waals surface area contributed by atoms with Gasteiger partial charge in [0.2, 0.25) is 5.91 Å². The van der Waals surface area contributed by atoms with Crippen LogP contribution in [0.1, 0.15) is 17.3 Å². The average Bonchev–Trinajstić information content (AvgIpc) is 2.87. The molecule has 0 radical (unpaired) electrons. The summed E-state index contributed by atoms with van der Waals surface area (Å²) < 4.78 is 1.79. The molecule has 0 aliphatic rings. The van der Waals surface area contributed by atoms with Crippen molar-refractivity contribution in [1.82, 2.24) is 4.98 Å². The molecular weight excluding hydrogens is 378 g/mol. The van der Waals surface area contributed by atoms with E-state index in [4.69, 9.17) is 0 Å². The second-order valence-corrected chi connectivity index (χ2v) is 6.79. The molecule has 2 amide bonds. The molecule has 0 saturated heterocycles. The normalized spacial score (nSPS) is 10.5. The highest BCUT2D eigenvalue weighted by molar-refractivity contribution is 9.10. The highest BCUT2D eigenvalue weighted by Gasteiger charge is 2.09. The predicted octanol–water partition coefficient (Wildman–Crippen LogP) is 4.27. The van der Waals surface area contributed by atoms with E-state index in [2.05, 4.69) is 31.5 Å². The maximum atomic E-state index is 12.2. The fourth-order valence-corrected chi connectivity index (χ4v) is 3.33. The quantitative estimate of drug-likeness (QED) is 0.702. The number of carbonyl (C=O) groups is 2. The van der Waals surface area contributed by atoms with Crippen molar-refractivity contribution in [3.05, 3.63) is 52.5 Å². The molecule has 5 nitrogen and oxygen atoms in total. The third-order valence-corrected chi connectivity index (χ3v) is 4.46. The van der Waals surface area contributed by atoms with Crippen LogP contribution in [0.4, 0.5) is 10.8 Å². The van der Waals surface area contributed by atoms with Crippen molar-refractivity contribution in [2.24, 2.45) is 0 Å². The first-order valence-electron chi connectivity index (χ1n) is 6.76. The van der Waals surface area contributed by atoms with Crippen LogP contribution in [-0.2, 0) is 4.79 Å². The van der Waals surface area contributed by atoms with E-state index in [1.165, 1.54) is 18.3 Å². The van der Waals surface area contributed by atoms with E-state index >= 15 is 0 Å². The standard InChI is InChI=1S/C16H12BrN3O2S/c1-9(21)18-16-20-13-8-12(5-6-14(13)23-16)19-15(22)10-3-2-4-11(17)7-10/h2-8H,1H3,(H,19,22)(H,18,20,21). The second kappa shape index (κ2) is 6.47. The fourth-order valence-electron chi connectivity index (χ4n) is 2.04. The summed E-state index contributed by atoms with van der Waals surface area (Å²) in [5.74, 6) is -0.352. The Morgan fingerprint density at radius 1 is 1.13 bits per heavy atom. The van der Waals surface area contributed by atoms with Crippen molar-refractivity contribution in [2.75, 3.05) is 10.6 Å². The van der Waals surface area contributed by atoms with Crippen LogP contribution in [0.5, 0.6) is 0 Å². The van der Waals surface area contributed by atoms with Gasteiger partial charge in [-0.1, -0.05) is 33.3 Å². The Morgan fingerprint density at radius 3 is 2.70 bits per heavy atom. The Bertz CT molecular complexity index is 907. The maximum Gasteiger partial charge on any atom is 0.255 e. The lowest BCUT2D eigenvalue weighted by atomic mass is 10.2. The Hall–Kier alpha value is -2.25. The molecule has 0 spiro atoms. The zero-order valence-corrected chi connectivity index (χ0v) is 14.5. The minimum atomic E-state index is -0.192. The van der Waals surface area contributed by atoms with E-state index in [0.717, 1.165) is 14.7 Å². The van der Waals surface area contributed by atoms with Crippen molar-refractivity contribution < 1.29 is 9.59 Å². The minimum Gasteiger partial charge on any atom is -0.322 e. The summed E-state index contributed by atoms with van der Waals surface area (Å²) >= 11 is 4.74. The molecule has 2 N–H and O–H groups in total. The number of aromatic nitrogens is 1. The molecular formula is C16H12BrN3O2S. The molecule has 3 aromatic rings. The second-order valence-electron chi connectivity index (χ2n) is 4.85. The molecule has 7 heteroatoms. The molecule has 1 heterocycles. The molecule has 0 fully saturated rings. The van der Waals surface area contributed by atoms with Gasteiger partial charge in [0, 0.05) is 22.6 Å². The number of thiazole rings is 1. The lowest BCUT2D eigenvalue weighted by Crippen LogP contribution is -2.11. The lowest BCUT2D eigenvalue weighted by molar-refractivity contribution is -0.114. The number of rotatable bonds is 3. The number of halogens is 1. The maximum absolute atomic E-state index is 12.2. The van der Waals surface area contributed by atoms with Gasteiger partial charge in [-0.25, -0.2) is 4.98 Å². The molecule has 0 bridgehead atoms. The van der Waals surface area contributed by atoms with Gasteiger partial charge >= 0.3 is 0 Å². The molecule has 0 unspecified atom stereocenters. The molecule has 0 atom stereocenters. The third-order valence-electron chi connectivity index (χ3n) is 3.02. The molecule has 23 heavy (non-hydrogen) atoms. The molecule has 0 aliphatic heterocycles. The van der Waals surface area contributed by atoms with E-state index in [9.17, 15) is 9.59 Å². The van der Waals surface area contributed by atoms with E-state index in [1.807, 2.05) is 24.3 Å². The van der Waals surface area contributed by atoms with Crippen LogP contribution in [0.3, 0.4) is 0 Å². The fraction of sp³-hybridized carbons (Fsp3) is 0.0625. The zero-order valence-electron chi connectivity index (χ0n) is 12.1. The van der Waals surface area contributed by atoms with Gasteiger partial charge in [-0.3, -0.25) is 9.59 Å². The summed E-state index contributed by atoms with van der Waals surface area (Å²) in [6.45, 7) is 1.44. The molecule has 0 saturated carbocycles. The van der Waals surface area contributed by atoms with Gasteiger partial charge in [0.15, 0.2) is 5.13 Å². The van der Waals surface area contributed by atoms with Gasteiger partial charge in [0.1, 0.15) is 0 Å². The summed E-state index contributed by atoms with van der Waals surface area (Å²) in [4.78, 5) is 27.7. The van der Waals surface area contributed by atoms with Crippen molar-refractivity contribution in [3.63, 3.8) is 0 Å². The van der Waals surface area contributed by atoms with Crippen LogP contribution in [0.2, 0.25) is 0 Å². The van der Waals surface area contributed by atoms with Gasteiger partial charge in [0.05, 0.1) is 10.2 Å². The Labute approximate surface area is 144 Å². The van der Waals surface area contributed by atoms with Crippen molar-refractivity contribution >= 4 is 60.1 Å². The third kappa shape index (κ3) is 3.75. The van der Waals surface area contributed by atoms with E-state index in [1.54, 1.807) is 18.2 Å². The zero-order chi connectivity index (χ0) is 16.4. The molecule has 2 aromatic carbocycles. The van der Waals surface area contributed by atoms with E-state index < -0.39 is 0 Å². The number of amides is 2. The molecule has 1 aromatic heterocycles. The number of fused-ring (bicyclic) bond motifs is 1. The average molecular weight is 390 g/mol. The van der Waals surface area contributed by atoms with Gasteiger partial charge in [-0.2, -0.15) is 0 Å². The SMILES string of the molecule is CC(=O)Nc1nc2cc(NC(=O)c3cccc(Br)c3)ccc2s1. The predicted molar refractivity (Wildman–Crippen MR) is 96.0 cm³/mol. The number of benzene rings is 2. The highest BCUT2D eigenvalue weighted by Crippen LogP contribution is 2.28. The smallest absolute Gasteiger partial charge is 0.255 e. The van der Waals surface area contributed by atoms with Crippen LogP contribution in [0.25, 0.3) is 10.2 Å². The number of nitrogens with zero attached hydrogens (tertiary/aromatic N) is 1. The summed E-state index contributed by atoms with van der Waals surface area (Å²) in [6.07, 6.45) is 0. The number of nitrogens with one attached hydrogen (secondary N) is 2. The summed E-state index contributed by atoms with van der Waals surface area (Å²) in [6, 6.07) is 12.6. The van der Waals surface area contributed by atoms with Crippen LogP contribution in [-0.4, -0.2) is 16.8 Å². The Balaban J connectivity index is 1.82. The summed E-state index contributed by atoms with van der Waals surface area (Å²) in [5.41, 5.74) is 1.95. The molecule has 116 valence electrons. The van der Waals surface area contributed by atoms with Crippen LogP contribution >= 0.6 is 27.3 Å². The molecule has 0 aliphatic carbocycles. The van der Waals surface area contributed by atoms with Gasteiger partial charge in [-0.05, 0) is 36.4 Å².